The third kappa shape index (κ3) is 9.26. The smallest absolute Gasteiger partial charge is 0.274 e. The van der Waals surface area contributed by atoms with E-state index in [2.05, 4.69) is 47.9 Å². The lowest BCUT2D eigenvalue weighted by atomic mass is 10.1. The summed E-state index contributed by atoms with van der Waals surface area (Å²) in [5, 5.41) is 3.05. The zero-order valence-electron chi connectivity index (χ0n) is 18.1. The zero-order valence-corrected chi connectivity index (χ0v) is 18.1. The molecular formula is C21H37N5O2. The van der Waals surface area contributed by atoms with Crippen LogP contribution in [-0.4, -0.2) is 70.3 Å². The monoisotopic (exact) mass is 391 g/mol. The van der Waals surface area contributed by atoms with Gasteiger partial charge in [-0.1, -0.05) is 27.7 Å². The fourth-order valence-electron chi connectivity index (χ4n) is 3.10. The Balaban J connectivity index is 2.46. The van der Waals surface area contributed by atoms with E-state index in [9.17, 15) is 9.59 Å². The number of carbonyl (C=O) groups is 2. The Morgan fingerprint density at radius 3 is 2.39 bits per heavy atom. The van der Waals surface area contributed by atoms with Gasteiger partial charge >= 0.3 is 0 Å². The van der Waals surface area contributed by atoms with Crippen LogP contribution in [0.4, 0.5) is 0 Å². The molecule has 0 bridgehead atoms. The summed E-state index contributed by atoms with van der Waals surface area (Å²) in [5.74, 6) is 0.112. The normalized spacial score (nSPS) is 12.2. The Hall–Kier alpha value is -2.02. The molecule has 0 saturated carbocycles. The highest BCUT2D eigenvalue weighted by Crippen LogP contribution is 2.06. The minimum absolute atomic E-state index is 0.0176. The van der Waals surface area contributed by atoms with Crippen LogP contribution in [0.1, 0.15) is 64.4 Å². The van der Waals surface area contributed by atoms with E-state index >= 15 is 0 Å². The summed E-state index contributed by atoms with van der Waals surface area (Å²) in [4.78, 5) is 37.1. The average molecular weight is 392 g/mol. The molecule has 1 aromatic rings. The summed E-state index contributed by atoms with van der Waals surface area (Å²) >= 11 is 0. The van der Waals surface area contributed by atoms with E-state index in [-0.39, 0.29) is 17.9 Å². The summed E-state index contributed by atoms with van der Waals surface area (Å²) in [6, 6.07) is 0.136. The van der Waals surface area contributed by atoms with Gasteiger partial charge in [-0.3, -0.25) is 14.6 Å². The molecule has 1 heterocycles. The second kappa shape index (κ2) is 13.2. The van der Waals surface area contributed by atoms with Crippen molar-refractivity contribution in [1.82, 2.24) is 25.1 Å². The number of nitrogens with zero attached hydrogens (tertiary/aromatic N) is 4. The van der Waals surface area contributed by atoms with Crippen molar-refractivity contribution in [2.75, 3.05) is 32.7 Å². The van der Waals surface area contributed by atoms with Gasteiger partial charge in [0.15, 0.2) is 0 Å². The molecule has 0 saturated heterocycles. The number of rotatable bonds is 13. The minimum atomic E-state index is -0.179. The largest absolute Gasteiger partial charge is 0.354 e. The number of hydrogen-bond acceptors (Lipinski definition) is 5. The highest BCUT2D eigenvalue weighted by Gasteiger charge is 2.19. The SMILES string of the molecule is CCN(CC)CCC[C@H](C)NC(=O)CCN(CC(C)C)C(=O)c1cnccn1. The molecule has 2 amide bonds. The predicted octanol–water partition coefficient (Wildman–Crippen LogP) is 2.59. The van der Waals surface area contributed by atoms with Crippen molar-refractivity contribution in [2.24, 2.45) is 5.92 Å². The van der Waals surface area contributed by atoms with Gasteiger partial charge in [-0.05, 0) is 45.3 Å². The Morgan fingerprint density at radius 1 is 1.11 bits per heavy atom. The number of aromatic nitrogens is 2. The molecule has 0 fully saturated rings. The van der Waals surface area contributed by atoms with Crippen LogP contribution in [0.5, 0.6) is 0 Å². The molecule has 1 aromatic heterocycles. The summed E-state index contributed by atoms with van der Waals surface area (Å²) in [5.41, 5.74) is 0.313. The van der Waals surface area contributed by atoms with Crippen molar-refractivity contribution in [3.05, 3.63) is 24.3 Å². The van der Waals surface area contributed by atoms with E-state index in [1.807, 2.05) is 6.92 Å². The van der Waals surface area contributed by atoms with Crippen LogP contribution in [0.2, 0.25) is 0 Å². The first-order valence-corrected chi connectivity index (χ1v) is 10.4. The second-order valence-electron chi connectivity index (χ2n) is 7.62. The van der Waals surface area contributed by atoms with E-state index in [0.717, 1.165) is 32.5 Å². The number of amides is 2. The molecular weight excluding hydrogens is 354 g/mol. The highest BCUT2D eigenvalue weighted by atomic mass is 16.2. The lowest BCUT2D eigenvalue weighted by Crippen LogP contribution is -2.39. The van der Waals surface area contributed by atoms with Crippen LogP contribution in [0, 0.1) is 5.92 Å². The number of nitrogens with one attached hydrogen (secondary N) is 1. The van der Waals surface area contributed by atoms with Gasteiger partial charge in [0, 0.05) is 37.9 Å². The summed E-state index contributed by atoms with van der Waals surface area (Å²) < 4.78 is 0. The molecule has 0 radical (unpaired) electrons. The molecule has 1 rings (SSSR count). The zero-order chi connectivity index (χ0) is 20.9. The molecule has 0 unspecified atom stereocenters. The second-order valence-corrected chi connectivity index (χ2v) is 7.62. The fraction of sp³-hybridized carbons (Fsp3) is 0.714. The first-order valence-electron chi connectivity index (χ1n) is 10.4. The van der Waals surface area contributed by atoms with Gasteiger partial charge in [0.2, 0.25) is 5.91 Å². The van der Waals surface area contributed by atoms with Crippen LogP contribution in [0.25, 0.3) is 0 Å². The van der Waals surface area contributed by atoms with Crippen molar-refractivity contribution < 1.29 is 9.59 Å². The minimum Gasteiger partial charge on any atom is -0.354 e. The molecule has 7 heteroatoms. The Morgan fingerprint density at radius 2 is 1.82 bits per heavy atom. The topological polar surface area (TPSA) is 78.4 Å². The van der Waals surface area contributed by atoms with Crippen LogP contribution in [0.15, 0.2) is 18.6 Å². The standard InChI is InChI=1S/C21H37N5O2/c1-6-25(7-2)13-8-9-18(5)24-20(27)10-14-26(16-17(3)4)21(28)19-15-22-11-12-23-19/h11-12,15,17-18H,6-10,13-14,16H2,1-5H3,(H,24,27)/t18-/m0/s1. The van der Waals surface area contributed by atoms with Crippen molar-refractivity contribution in [3.63, 3.8) is 0 Å². The molecule has 28 heavy (non-hydrogen) atoms. The van der Waals surface area contributed by atoms with Gasteiger partial charge in [-0.2, -0.15) is 0 Å². The Bertz CT molecular complexity index is 575. The maximum atomic E-state index is 12.7. The summed E-state index contributed by atoms with van der Waals surface area (Å²) in [7, 11) is 0. The third-order valence-corrected chi connectivity index (χ3v) is 4.68. The van der Waals surface area contributed by atoms with E-state index in [0.29, 0.717) is 31.1 Å². The maximum Gasteiger partial charge on any atom is 0.274 e. The van der Waals surface area contributed by atoms with E-state index in [4.69, 9.17) is 0 Å². The molecule has 1 N–H and O–H groups in total. The lowest BCUT2D eigenvalue weighted by Gasteiger charge is -2.24. The van der Waals surface area contributed by atoms with Crippen LogP contribution in [-0.2, 0) is 4.79 Å². The molecule has 0 aliphatic rings. The van der Waals surface area contributed by atoms with Crippen molar-refractivity contribution in [3.8, 4) is 0 Å². The van der Waals surface area contributed by atoms with Gasteiger partial charge in [0.1, 0.15) is 5.69 Å². The lowest BCUT2D eigenvalue weighted by molar-refractivity contribution is -0.121. The summed E-state index contributed by atoms with van der Waals surface area (Å²) in [6.07, 6.45) is 6.82. The molecule has 7 nitrogen and oxygen atoms in total. The predicted molar refractivity (Wildman–Crippen MR) is 112 cm³/mol. The average Bonchev–Trinajstić information content (AvgIpc) is 2.68. The van der Waals surface area contributed by atoms with Gasteiger partial charge in [0.05, 0.1) is 6.20 Å². The first kappa shape index (κ1) is 24.0. The van der Waals surface area contributed by atoms with E-state index in [1.165, 1.54) is 12.4 Å². The molecule has 0 aromatic carbocycles. The molecule has 0 aliphatic heterocycles. The fourth-order valence-corrected chi connectivity index (χ4v) is 3.10. The van der Waals surface area contributed by atoms with Gasteiger partial charge < -0.3 is 15.1 Å². The van der Waals surface area contributed by atoms with Crippen molar-refractivity contribution in [1.29, 1.82) is 0 Å². The quantitative estimate of drug-likeness (QED) is 0.559. The van der Waals surface area contributed by atoms with Crippen molar-refractivity contribution in [2.45, 2.75) is 59.9 Å². The van der Waals surface area contributed by atoms with Crippen LogP contribution in [0.3, 0.4) is 0 Å². The maximum absolute atomic E-state index is 12.7. The van der Waals surface area contributed by atoms with Gasteiger partial charge in [-0.25, -0.2) is 4.98 Å². The molecule has 0 spiro atoms. The molecule has 0 aliphatic carbocycles. The van der Waals surface area contributed by atoms with Crippen LogP contribution >= 0.6 is 0 Å². The number of hydrogen-bond donors (Lipinski definition) is 1. The van der Waals surface area contributed by atoms with Crippen molar-refractivity contribution >= 4 is 11.8 Å². The Kier molecular flexibility index (Phi) is 11.3. The van der Waals surface area contributed by atoms with E-state index < -0.39 is 0 Å². The molecule has 1 atom stereocenters. The van der Waals surface area contributed by atoms with Gasteiger partial charge in [0.25, 0.3) is 5.91 Å². The third-order valence-electron chi connectivity index (χ3n) is 4.68. The van der Waals surface area contributed by atoms with E-state index in [1.54, 1.807) is 11.1 Å². The first-order chi connectivity index (χ1) is 13.4. The van der Waals surface area contributed by atoms with Gasteiger partial charge in [-0.15, -0.1) is 0 Å². The Labute approximate surface area is 169 Å². The highest BCUT2D eigenvalue weighted by molar-refractivity contribution is 5.92. The number of carbonyl (C=O) groups excluding carboxylic acids is 2. The molecule has 158 valence electrons. The van der Waals surface area contributed by atoms with Crippen LogP contribution < -0.4 is 5.32 Å². The summed E-state index contributed by atoms with van der Waals surface area (Å²) in [6.45, 7) is 14.6.